The van der Waals surface area contributed by atoms with Crippen molar-refractivity contribution in [1.29, 1.82) is 0 Å². The Bertz CT molecular complexity index is 529. The molecule has 0 aromatic heterocycles. The van der Waals surface area contributed by atoms with Gasteiger partial charge in [0.25, 0.3) is 0 Å². The number of likely N-dealkylation sites (tertiary alicyclic amines) is 1. The van der Waals surface area contributed by atoms with E-state index in [1.54, 1.807) is 0 Å². The molecule has 2 unspecified atom stereocenters. The minimum atomic E-state index is -0.177. The molecule has 20 heavy (non-hydrogen) atoms. The zero-order chi connectivity index (χ0) is 14.2. The standard InChI is InChI=1S/C16H20N2O2/c1-18-8-7-16(11-18)10-14(19)17-15(20)13(16)9-12-5-3-2-4-6-12/h2-6,13H,7-11H2,1H3,(H,17,19,20). The monoisotopic (exact) mass is 272 g/mol. The lowest BCUT2D eigenvalue weighted by Crippen LogP contribution is -2.53. The molecule has 106 valence electrons. The van der Waals surface area contributed by atoms with Crippen LogP contribution in [0, 0.1) is 11.3 Å². The summed E-state index contributed by atoms with van der Waals surface area (Å²) in [4.78, 5) is 26.3. The van der Waals surface area contributed by atoms with Gasteiger partial charge in [-0.3, -0.25) is 14.9 Å². The number of rotatable bonds is 2. The number of benzene rings is 1. The summed E-state index contributed by atoms with van der Waals surface area (Å²) in [5.41, 5.74) is 0.986. The Morgan fingerprint density at radius 1 is 1.30 bits per heavy atom. The molecule has 0 radical (unpaired) electrons. The molecule has 1 spiro atoms. The quantitative estimate of drug-likeness (QED) is 0.823. The fourth-order valence-corrected chi connectivity index (χ4v) is 3.69. The highest BCUT2D eigenvalue weighted by Gasteiger charge is 2.51. The Labute approximate surface area is 119 Å². The van der Waals surface area contributed by atoms with Crippen molar-refractivity contribution in [2.45, 2.75) is 19.3 Å². The molecular weight excluding hydrogens is 252 g/mol. The van der Waals surface area contributed by atoms with Crippen LogP contribution in [-0.2, 0) is 16.0 Å². The van der Waals surface area contributed by atoms with Crippen molar-refractivity contribution in [3.05, 3.63) is 35.9 Å². The highest BCUT2D eigenvalue weighted by Crippen LogP contribution is 2.44. The maximum absolute atomic E-state index is 12.3. The zero-order valence-corrected chi connectivity index (χ0v) is 11.8. The van der Waals surface area contributed by atoms with E-state index in [1.165, 1.54) is 0 Å². The van der Waals surface area contributed by atoms with Crippen LogP contribution in [0.5, 0.6) is 0 Å². The number of imide groups is 1. The lowest BCUT2D eigenvalue weighted by atomic mass is 9.67. The van der Waals surface area contributed by atoms with E-state index in [4.69, 9.17) is 0 Å². The van der Waals surface area contributed by atoms with Crippen LogP contribution in [0.3, 0.4) is 0 Å². The van der Waals surface area contributed by atoms with E-state index in [-0.39, 0.29) is 23.1 Å². The molecule has 2 amide bonds. The fourth-order valence-electron chi connectivity index (χ4n) is 3.69. The largest absolute Gasteiger partial charge is 0.306 e. The molecule has 2 aliphatic heterocycles. The van der Waals surface area contributed by atoms with Crippen LogP contribution in [0.2, 0.25) is 0 Å². The summed E-state index contributed by atoms with van der Waals surface area (Å²) < 4.78 is 0. The van der Waals surface area contributed by atoms with E-state index in [2.05, 4.69) is 29.4 Å². The smallest absolute Gasteiger partial charge is 0.230 e. The number of hydrogen-bond acceptors (Lipinski definition) is 3. The second kappa shape index (κ2) is 5.02. The first-order valence-electron chi connectivity index (χ1n) is 7.15. The number of carbonyl (C=O) groups is 2. The molecule has 1 N–H and O–H groups in total. The van der Waals surface area contributed by atoms with Crippen molar-refractivity contribution in [3.63, 3.8) is 0 Å². The van der Waals surface area contributed by atoms with Gasteiger partial charge in [0.15, 0.2) is 0 Å². The molecule has 0 aliphatic carbocycles. The zero-order valence-electron chi connectivity index (χ0n) is 11.8. The summed E-state index contributed by atoms with van der Waals surface area (Å²) >= 11 is 0. The molecule has 2 aliphatic rings. The van der Waals surface area contributed by atoms with Crippen molar-refractivity contribution in [1.82, 2.24) is 10.2 Å². The molecule has 4 heteroatoms. The van der Waals surface area contributed by atoms with Gasteiger partial charge in [0.2, 0.25) is 11.8 Å². The Kier molecular flexibility index (Phi) is 3.34. The van der Waals surface area contributed by atoms with E-state index in [0.29, 0.717) is 12.8 Å². The maximum Gasteiger partial charge on any atom is 0.230 e. The lowest BCUT2D eigenvalue weighted by Gasteiger charge is -2.39. The van der Waals surface area contributed by atoms with Gasteiger partial charge in [-0.15, -0.1) is 0 Å². The minimum Gasteiger partial charge on any atom is -0.306 e. The van der Waals surface area contributed by atoms with Crippen LogP contribution >= 0.6 is 0 Å². The molecule has 3 rings (SSSR count). The maximum atomic E-state index is 12.3. The van der Waals surface area contributed by atoms with Gasteiger partial charge >= 0.3 is 0 Å². The van der Waals surface area contributed by atoms with Crippen LogP contribution in [-0.4, -0.2) is 36.9 Å². The summed E-state index contributed by atoms with van der Waals surface area (Å²) in [5, 5.41) is 2.52. The minimum absolute atomic E-state index is 0.0968. The molecule has 2 heterocycles. The highest BCUT2D eigenvalue weighted by molar-refractivity contribution is 6.00. The summed E-state index contributed by atoms with van der Waals surface area (Å²) in [6.45, 7) is 1.80. The van der Waals surface area contributed by atoms with Gasteiger partial charge in [-0.1, -0.05) is 30.3 Å². The second-order valence-corrected chi connectivity index (χ2v) is 6.18. The molecule has 2 saturated heterocycles. The molecule has 0 saturated carbocycles. The predicted octanol–water partition coefficient (Wildman–Crippen LogP) is 1.21. The van der Waals surface area contributed by atoms with Gasteiger partial charge in [-0.05, 0) is 32.0 Å². The molecule has 2 atom stereocenters. The Balaban J connectivity index is 1.88. The Morgan fingerprint density at radius 3 is 2.70 bits per heavy atom. The number of amides is 2. The SMILES string of the molecule is CN1CCC2(CC(=O)NC(=O)C2Cc2ccccc2)C1. The van der Waals surface area contributed by atoms with Gasteiger partial charge in [0, 0.05) is 24.3 Å². The number of hydrogen-bond donors (Lipinski definition) is 1. The molecule has 1 aromatic rings. The third-order valence-corrected chi connectivity index (χ3v) is 4.69. The van der Waals surface area contributed by atoms with Gasteiger partial charge in [-0.25, -0.2) is 0 Å². The summed E-state index contributed by atoms with van der Waals surface area (Å²) in [5.74, 6) is -0.317. The number of carbonyl (C=O) groups excluding carboxylic acids is 2. The van der Waals surface area contributed by atoms with Crippen LogP contribution in [0.25, 0.3) is 0 Å². The van der Waals surface area contributed by atoms with Gasteiger partial charge in [0.05, 0.1) is 0 Å². The Hall–Kier alpha value is -1.68. The molecular formula is C16H20N2O2. The second-order valence-electron chi connectivity index (χ2n) is 6.18. The van der Waals surface area contributed by atoms with Crippen LogP contribution in [0.1, 0.15) is 18.4 Å². The Morgan fingerprint density at radius 2 is 2.05 bits per heavy atom. The van der Waals surface area contributed by atoms with Crippen molar-refractivity contribution in [3.8, 4) is 0 Å². The van der Waals surface area contributed by atoms with Crippen LogP contribution < -0.4 is 5.32 Å². The normalized spacial score (nSPS) is 30.8. The number of piperidine rings is 1. The van der Waals surface area contributed by atoms with E-state index in [1.807, 2.05) is 18.2 Å². The van der Waals surface area contributed by atoms with Crippen molar-refractivity contribution in [2.75, 3.05) is 20.1 Å². The number of nitrogens with one attached hydrogen (secondary N) is 1. The average molecular weight is 272 g/mol. The summed E-state index contributed by atoms with van der Waals surface area (Å²) in [6, 6.07) is 10.1. The first kappa shape index (κ1) is 13.3. The highest BCUT2D eigenvalue weighted by atomic mass is 16.2. The first-order chi connectivity index (χ1) is 9.59. The number of nitrogens with zero attached hydrogens (tertiary/aromatic N) is 1. The first-order valence-corrected chi connectivity index (χ1v) is 7.15. The molecule has 2 fully saturated rings. The third kappa shape index (κ3) is 2.36. The van der Waals surface area contributed by atoms with E-state index in [0.717, 1.165) is 25.1 Å². The molecule has 0 bridgehead atoms. The average Bonchev–Trinajstić information content (AvgIpc) is 2.77. The van der Waals surface area contributed by atoms with Crippen molar-refractivity contribution < 1.29 is 9.59 Å². The molecule has 4 nitrogen and oxygen atoms in total. The fraction of sp³-hybridized carbons (Fsp3) is 0.500. The van der Waals surface area contributed by atoms with Crippen LogP contribution in [0.4, 0.5) is 0 Å². The third-order valence-electron chi connectivity index (χ3n) is 4.69. The van der Waals surface area contributed by atoms with Crippen molar-refractivity contribution >= 4 is 11.8 Å². The van der Waals surface area contributed by atoms with Gasteiger partial charge in [0.1, 0.15) is 0 Å². The summed E-state index contributed by atoms with van der Waals surface area (Å²) in [7, 11) is 2.06. The lowest BCUT2D eigenvalue weighted by molar-refractivity contribution is -0.143. The van der Waals surface area contributed by atoms with Gasteiger partial charge in [-0.2, -0.15) is 0 Å². The molecule has 1 aromatic carbocycles. The van der Waals surface area contributed by atoms with Crippen LogP contribution in [0.15, 0.2) is 30.3 Å². The predicted molar refractivity (Wildman–Crippen MR) is 75.9 cm³/mol. The topological polar surface area (TPSA) is 49.4 Å². The van der Waals surface area contributed by atoms with Gasteiger partial charge < -0.3 is 4.90 Å². The summed E-state index contributed by atoms with van der Waals surface area (Å²) in [6.07, 6.45) is 2.12. The van der Waals surface area contributed by atoms with E-state index >= 15 is 0 Å². The van der Waals surface area contributed by atoms with E-state index < -0.39 is 0 Å². The van der Waals surface area contributed by atoms with Crippen molar-refractivity contribution in [2.24, 2.45) is 11.3 Å². The van der Waals surface area contributed by atoms with E-state index in [9.17, 15) is 9.59 Å².